The molecule has 0 bridgehead atoms. The van der Waals surface area contributed by atoms with Crippen molar-refractivity contribution in [2.45, 2.75) is 52.7 Å². The van der Waals surface area contributed by atoms with E-state index in [-0.39, 0.29) is 11.9 Å². The molecule has 0 amide bonds. The Kier molecular flexibility index (Phi) is 10.2. The second kappa shape index (κ2) is 14.0. The van der Waals surface area contributed by atoms with Crippen LogP contribution in [0.25, 0.3) is 36.5 Å². The van der Waals surface area contributed by atoms with Crippen molar-refractivity contribution >= 4 is 48.4 Å². The number of rotatable bonds is 8. The van der Waals surface area contributed by atoms with Gasteiger partial charge in [0.05, 0.1) is 11.1 Å². The van der Waals surface area contributed by atoms with Crippen LogP contribution < -0.4 is 0 Å². The number of ether oxygens (including phenoxy) is 2. The maximum atomic E-state index is 12.2. The third-order valence-corrected chi connectivity index (χ3v) is 6.37. The standard InChI is InChI=1S/C40H40O4/c1-39(2,3)43-37(41)35-25-21-33(22-26-35)19-17-31-13-9-29(10-14-31)7-8-30-11-15-32(16-12-30)18-20-34-23-27-36(28-24-34)38(42)44-40(4,5)6/h7-28H,1-6H3. The molecule has 4 heteroatoms. The summed E-state index contributed by atoms with van der Waals surface area (Å²) in [6.07, 6.45) is 12.4. The maximum absolute atomic E-state index is 12.2. The SMILES string of the molecule is CC(C)(C)OC(=O)c1ccc(C=Cc2ccc(C=Cc3ccc(C=Cc4ccc(C(=O)OC(C)(C)C)cc4)cc3)cc2)cc1. The molecular formula is C40H40O4. The second-order valence-corrected chi connectivity index (χ2v) is 12.6. The fourth-order valence-electron chi connectivity index (χ4n) is 4.15. The molecule has 0 radical (unpaired) electrons. The Hall–Kier alpha value is -4.96. The Balaban J connectivity index is 1.29. The van der Waals surface area contributed by atoms with Crippen molar-refractivity contribution < 1.29 is 19.1 Å². The highest BCUT2D eigenvalue weighted by molar-refractivity contribution is 5.90. The van der Waals surface area contributed by atoms with E-state index in [0.717, 1.165) is 33.4 Å². The van der Waals surface area contributed by atoms with E-state index in [9.17, 15) is 9.59 Å². The van der Waals surface area contributed by atoms with Crippen LogP contribution in [0.3, 0.4) is 0 Å². The Labute approximate surface area is 261 Å². The van der Waals surface area contributed by atoms with Crippen LogP contribution in [0.5, 0.6) is 0 Å². The normalized spacial score (nSPS) is 12.2. The molecular weight excluding hydrogens is 544 g/mol. The molecule has 0 N–H and O–H groups in total. The number of hydrogen-bond acceptors (Lipinski definition) is 4. The number of carbonyl (C=O) groups is 2. The minimum Gasteiger partial charge on any atom is -0.456 e. The van der Waals surface area contributed by atoms with Crippen LogP contribution in [-0.4, -0.2) is 23.1 Å². The van der Waals surface area contributed by atoms with Crippen molar-refractivity contribution in [3.63, 3.8) is 0 Å². The van der Waals surface area contributed by atoms with Gasteiger partial charge in [0.15, 0.2) is 0 Å². The van der Waals surface area contributed by atoms with Gasteiger partial charge in [0.2, 0.25) is 0 Å². The molecule has 0 aliphatic carbocycles. The van der Waals surface area contributed by atoms with Crippen LogP contribution in [0.1, 0.15) is 95.6 Å². The van der Waals surface area contributed by atoms with Crippen molar-refractivity contribution in [2.24, 2.45) is 0 Å². The molecule has 0 atom stereocenters. The van der Waals surface area contributed by atoms with Crippen molar-refractivity contribution in [2.75, 3.05) is 0 Å². The molecule has 0 aromatic heterocycles. The van der Waals surface area contributed by atoms with Gasteiger partial charge in [-0.15, -0.1) is 0 Å². The maximum Gasteiger partial charge on any atom is 0.338 e. The first kappa shape index (κ1) is 32.0. The molecule has 4 aromatic carbocycles. The average molecular weight is 585 g/mol. The van der Waals surface area contributed by atoms with E-state index in [2.05, 4.69) is 72.8 Å². The third-order valence-electron chi connectivity index (χ3n) is 6.37. The van der Waals surface area contributed by atoms with Crippen LogP contribution >= 0.6 is 0 Å². The lowest BCUT2D eigenvalue weighted by molar-refractivity contribution is 0.00570. The Bertz CT molecular complexity index is 1510. The fourth-order valence-corrected chi connectivity index (χ4v) is 4.15. The molecule has 0 heterocycles. The second-order valence-electron chi connectivity index (χ2n) is 12.6. The minimum absolute atomic E-state index is 0.315. The monoisotopic (exact) mass is 584 g/mol. The average Bonchev–Trinajstić information content (AvgIpc) is 2.98. The largest absolute Gasteiger partial charge is 0.456 e. The van der Waals surface area contributed by atoms with Crippen LogP contribution in [0.15, 0.2) is 97.1 Å². The lowest BCUT2D eigenvalue weighted by Gasteiger charge is -2.19. The summed E-state index contributed by atoms with van der Waals surface area (Å²) >= 11 is 0. The zero-order chi connectivity index (χ0) is 31.7. The van der Waals surface area contributed by atoms with Crippen molar-refractivity contribution in [1.82, 2.24) is 0 Å². The van der Waals surface area contributed by atoms with Gasteiger partial charge in [-0.05, 0) is 99.2 Å². The summed E-state index contributed by atoms with van der Waals surface area (Å²) in [5.74, 6) is -0.630. The summed E-state index contributed by atoms with van der Waals surface area (Å²) in [7, 11) is 0. The first-order valence-electron chi connectivity index (χ1n) is 14.7. The smallest absolute Gasteiger partial charge is 0.338 e. The molecule has 0 aliphatic heterocycles. The molecule has 44 heavy (non-hydrogen) atoms. The van der Waals surface area contributed by atoms with Gasteiger partial charge in [-0.2, -0.15) is 0 Å². The summed E-state index contributed by atoms with van der Waals surface area (Å²) in [6.45, 7) is 11.2. The molecule has 224 valence electrons. The van der Waals surface area contributed by atoms with E-state index in [1.807, 2.05) is 78.0 Å². The predicted octanol–water partition coefficient (Wildman–Crippen LogP) is 10.1. The van der Waals surface area contributed by atoms with Crippen LogP contribution in [0.2, 0.25) is 0 Å². The number of esters is 2. The zero-order valence-electron chi connectivity index (χ0n) is 26.3. The van der Waals surface area contributed by atoms with Gasteiger partial charge in [0.1, 0.15) is 11.2 Å². The molecule has 4 rings (SSSR count). The van der Waals surface area contributed by atoms with Gasteiger partial charge < -0.3 is 9.47 Å². The highest BCUT2D eigenvalue weighted by Crippen LogP contribution is 2.18. The zero-order valence-corrected chi connectivity index (χ0v) is 26.3. The molecule has 0 spiro atoms. The van der Waals surface area contributed by atoms with E-state index >= 15 is 0 Å². The summed E-state index contributed by atoms with van der Waals surface area (Å²) in [6, 6.07) is 31.5. The van der Waals surface area contributed by atoms with Crippen molar-refractivity contribution in [3.05, 3.63) is 142 Å². The topological polar surface area (TPSA) is 52.6 Å². The summed E-state index contributed by atoms with van der Waals surface area (Å²) < 4.78 is 10.8. The van der Waals surface area contributed by atoms with Gasteiger partial charge >= 0.3 is 11.9 Å². The molecule has 0 fully saturated rings. The first-order valence-corrected chi connectivity index (χ1v) is 14.7. The van der Waals surface area contributed by atoms with Gasteiger partial charge in [0, 0.05) is 0 Å². The lowest BCUT2D eigenvalue weighted by Crippen LogP contribution is -2.23. The predicted molar refractivity (Wildman–Crippen MR) is 183 cm³/mol. The van der Waals surface area contributed by atoms with Gasteiger partial charge in [-0.3, -0.25) is 0 Å². The van der Waals surface area contributed by atoms with E-state index in [4.69, 9.17) is 9.47 Å². The van der Waals surface area contributed by atoms with E-state index in [0.29, 0.717) is 11.1 Å². The Morgan fingerprint density at radius 2 is 0.568 bits per heavy atom. The molecule has 0 unspecified atom stereocenters. The summed E-state index contributed by atoms with van der Waals surface area (Å²) in [5, 5.41) is 0. The molecule has 0 saturated heterocycles. The fraction of sp³-hybridized carbons (Fsp3) is 0.200. The Morgan fingerprint density at radius 1 is 0.386 bits per heavy atom. The lowest BCUT2D eigenvalue weighted by atomic mass is 10.1. The van der Waals surface area contributed by atoms with Gasteiger partial charge in [-0.25, -0.2) is 9.59 Å². The number of hydrogen-bond donors (Lipinski definition) is 0. The molecule has 4 aromatic rings. The molecule has 0 saturated carbocycles. The first-order chi connectivity index (χ1) is 20.8. The quantitative estimate of drug-likeness (QED) is 0.153. The third kappa shape index (κ3) is 10.4. The van der Waals surface area contributed by atoms with Crippen molar-refractivity contribution in [1.29, 1.82) is 0 Å². The van der Waals surface area contributed by atoms with Gasteiger partial charge in [-0.1, -0.05) is 109 Å². The van der Waals surface area contributed by atoms with Crippen LogP contribution in [0, 0.1) is 0 Å². The highest BCUT2D eigenvalue weighted by Gasteiger charge is 2.18. The summed E-state index contributed by atoms with van der Waals surface area (Å²) in [4.78, 5) is 24.4. The number of benzene rings is 4. The van der Waals surface area contributed by atoms with E-state index in [1.165, 1.54) is 0 Å². The van der Waals surface area contributed by atoms with Gasteiger partial charge in [0.25, 0.3) is 0 Å². The van der Waals surface area contributed by atoms with Crippen LogP contribution in [-0.2, 0) is 9.47 Å². The van der Waals surface area contributed by atoms with E-state index in [1.54, 1.807) is 24.3 Å². The highest BCUT2D eigenvalue weighted by atomic mass is 16.6. The van der Waals surface area contributed by atoms with Crippen molar-refractivity contribution in [3.8, 4) is 0 Å². The molecule has 4 nitrogen and oxygen atoms in total. The number of carbonyl (C=O) groups excluding carboxylic acids is 2. The summed E-state index contributed by atoms with van der Waals surface area (Å²) in [5.41, 5.74) is 6.50. The van der Waals surface area contributed by atoms with E-state index < -0.39 is 11.2 Å². The van der Waals surface area contributed by atoms with Crippen LogP contribution in [0.4, 0.5) is 0 Å². The minimum atomic E-state index is -0.512. The Morgan fingerprint density at radius 3 is 0.750 bits per heavy atom. The molecule has 0 aliphatic rings.